The lowest BCUT2D eigenvalue weighted by Gasteiger charge is -2.50. The Kier molecular flexibility index (Phi) is 10.9. The van der Waals surface area contributed by atoms with E-state index in [2.05, 4.69) is 10.6 Å². The van der Waals surface area contributed by atoms with E-state index in [0.29, 0.717) is 31.5 Å². The van der Waals surface area contributed by atoms with Gasteiger partial charge in [-0.25, -0.2) is 4.79 Å². The van der Waals surface area contributed by atoms with E-state index in [9.17, 15) is 27.8 Å². The lowest BCUT2D eigenvalue weighted by Crippen LogP contribution is -2.63. The third kappa shape index (κ3) is 9.53. The van der Waals surface area contributed by atoms with Crippen molar-refractivity contribution < 1.29 is 37.3 Å². The summed E-state index contributed by atoms with van der Waals surface area (Å²) in [5, 5.41) is 18.4. The van der Waals surface area contributed by atoms with Gasteiger partial charge in [-0.15, -0.1) is 10.3 Å². The van der Waals surface area contributed by atoms with Gasteiger partial charge in [0.05, 0.1) is 25.0 Å². The van der Waals surface area contributed by atoms with Crippen LogP contribution in [0.3, 0.4) is 0 Å². The second-order valence-corrected chi connectivity index (χ2v) is 14.2. The van der Waals surface area contributed by atoms with Crippen LogP contribution >= 0.6 is 0 Å². The fourth-order valence-corrected chi connectivity index (χ4v) is 6.43. The zero-order chi connectivity index (χ0) is 28.9. The molecule has 2 fully saturated rings. The number of ether oxygens (including phenoxy) is 2. The maximum Gasteiger partial charge on any atom is 0.407 e. The molecule has 0 aromatic rings. The molecule has 2 N–H and O–H groups in total. The van der Waals surface area contributed by atoms with Crippen LogP contribution in [0.15, 0.2) is 12.2 Å². The fraction of sp³-hybridized carbons (Fsp3) is 0.846. The normalized spacial score (nSPS) is 23.0. The Hall–Kier alpha value is -1.63. The number of alkyl halides is 2. The predicted octanol–water partition coefficient (Wildman–Crippen LogP) is 3.59. The first-order valence-corrected chi connectivity index (χ1v) is 14.6. The number of carbonyl (C=O) groups is 2. The Morgan fingerprint density at radius 3 is 2.24 bits per heavy atom. The lowest BCUT2D eigenvalue weighted by atomic mass is 9.79. The molecule has 1 unspecified atom stereocenters. The number of hydrogen-bond acceptors (Lipinski definition) is 6. The molecule has 38 heavy (non-hydrogen) atoms. The fourth-order valence-electron chi connectivity index (χ4n) is 5.07. The van der Waals surface area contributed by atoms with Crippen molar-refractivity contribution in [2.24, 2.45) is 11.3 Å². The van der Waals surface area contributed by atoms with Crippen molar-refractivity contribution in [3.8, 4) is 0 Å². The highest BCUT2D eigenvalue weighted by molar-refractivity contribution is 7.85. The molecule has 1 radical (unpaired) electrons. The Morgan fingerprint density at radius 1 is 1.16 bits per heavy atom. The van der Waals surface area contributed by atoms with E-state index in [4.69, 9.17) is 9.47 Å². The van der Waals surface area contributed by atoms with Gasteiger partial charge in [-0.3, -0.25) is 9.00 Å². The van der Waals surface area contributed by atoms with Crippen LogP contribution in [0.5, 0.6) is 0 Å². The Labute approximate surface area is 227 Å². The van der Waals surface area contributed by atoms with Crippen molar-refractivity contribution in [3.63, 3.8) is 0 Å². The molecule has 2 heterocycles. The molecule has 0 aliphatic carbocycles. The van der Waals surface area contributed by atoms with E-state index in [1.807, 2.05) is 20.8 Å². The van der Waals surface area contributed by atoms with Crippen molar-refractivity contribution in [1.82, 2.24) is 15.7 Å². The summed E-state index contributed by atoms with van der Waals surface area (Å²) in [7, 11) is -1.17. The lowest BCUT2D eigenvalue weighted by molar-refractivity contribution is -0.290. The number of hydroxylamine groups is 2. The summed E-state index contributed by atoms with van der Waals surface area (Å²) in [5.41, 5.74) is -1.74. The maximum absolute atomic E-state index is 14.8. The molecule has 2 atom stereocenters. The van der Waals surface area contributed by atoms with E-state index in [-0.39, 0.29) is 36.5 Å². The van der Waals surface area contributed by atoms with Crippen molar-refractivity contribution in [2.75, 3.05) is 31.3 Å². The number of alkyl carbamates (subject to hydrolysis) is 1. The Morgan fingerprint density at radius 2 is 1.74 bits per heavy atom. The first kappa shape index (κ1) is 32.6. The number of rotatable bonds is 12. The summed E-state index contributed by atoms with van der Waals surface area (Å²) >= 11 is 0. The summed E-state index contributed by atoms with van der Waals surface area (Å²) < 4.78 is 52.0. The summed E-state index contributed by atoms with van der Waals surface area (Å²) in [6.07, 6.45) is 1.62. The largest absolute Gasteiger partial charge is 0.449 e. The third-order valence-corrected chi connectivity index (χ3v) is 8.39. The van der Waals surface area contributed by atoms with Crippen LogP contribution in [0.4, 0.5) is 13.6 Å². The Bertz CT molecular complexity index is 874. The molecule has 219 valence electrons. The zero-order valence-electron chi connectivity index (χ0n) is 23.6. The highest BCUT2D eigenvalue weighted by atomic mass is 32.2. The van der Waals surface area contributed by atoms with Crippen LogP contribution in [0.1, 0.15) is 67.7 Å². The summed E-state index contributed by atoms with van der Waals surface area (Å²) in [4.78, 5) is 24.7. The number of hydrogen-bond donors (Lipinski definition) is 2. The summed E-state index contributed by atoms with van der Waals surface area (Å²) in [5.74, 6) is -4.58. The summed E-state index contributed by atoms with van der Waals surface area (Å²) in [6, 6.07) is -1.37. The van der Waals surface area contributed by atoms with Gasteiger partial charge >= 0.3 is 12.0 Å². The number of piperidine rings is 1. The van der Waals surface area contributed by atoms with E-state index < -0.39 is 51.9 Å². The van der Waals surface area contributed by atoms with Gasteiger partial charge in [0.25, 0.3) is 5.91 Å². The molecule has 0 spiro atoms. The Balaban J connectivity index is 1.91. The monoisotopic (exact) mass is 564 g/mol. The topological polar surface area (TPSA) is 117 Å². The van der Waals surface area contributed by atoms with Gasteiger partial charge in [0.2, 0.25) is 0 Å². The highest BCUT2D eigenvalue weighted by Crippen LogP contribution is 2.37. The van der Waals surface area contributed by atoms with Crippen molar-refractivity contribution in [1.29, 1.82) is 0 Å². The van der Waals surface area contributed by atoms with Crippen LogP contribution in [0, 0.1) is 11.3 Å². The summed E-state index contributed by atoms with van der Waals surface area (Å²) in [6.45, 7) is 13.7. The second-order valence-electron chi connectivity index (χ2n) is 12.6. The first-order chi connectivity index (χ1) is 17.4. The molecular weight excluding hydrogens is 520 g/mol. The molecule has 12 heteroatoms. The molecule has 2 rings (SSSR count). The molecule has 2 aliphatic rings. The quantitative estimate of drug-likeness (QED) is 0.350. The molecule has 0 aromatic heterocycles. The molecule has 9 nitrogen and oxygen atoms in total. The number of amides is 2. The SMILES string of the molecule is CC(C)C[C@H](/C=C/C(F)(F)C(=O)NC1CC(C)(C)N([O])C(C)(C)C1)NC(=O)OCCS(=O)CC1(C)COC1. The number of halogens is 2. The average molecular weight is 565 g/mol. The van der Waals surface area contributed by atoms with E-state index in [0.717, 1.165) is 11.1 Å². The van der Waals surface area contributed by atoms with Gasteiger partial charge in [-0.1, -0.05) is 26.8 Å². The number of carbonyl (C=O) groups excluding carboxylic acids is 2. The molecule has 2 amide bonds. The standard InChI is InChI=1S/C26H44F2N3O6S/c1-18(2)12-19(30-22(33)37-10-11-38(35)17-25(7)15-36-16-25)8-9-26(27,28)21(32)29-20-13-23(3,4)31(34)24(5,6)14-20/h8-9,18-20H,10-17H2,1-7H3,(H,29,32)(H,30,33)/b9-8+/t19-,38?/m0/s1. The van der Waals surface area contributed by atoms with Crippen LogP contribution in [-0.2, 0) is 30.3 Å². The van der Waals surface area contributed by atoms with Crippen molar-refractivity contribution in [2.45, 2.75) is 96.8 Å². The van der Waals surface area contributed by atoms with E-state index >= 15 is 0 Å². The number of nitrogens with zero attached hydrogens (tertiary/aromatic N) is 1. The molecule has 2 saturated heterocycles. The van der Waals surface area contributed by atoms with Crippen molar-refractivity contribution >= 4 is 22.8 Å². The maximum atomic E-state index is 14.8. The second kappa shape index (κ2) is 12.7. The van der Waals surface area contributed by atoms with Gasteiger partial charge in [0.15, 0.2) is 0 Å². The minimum atomic E-state index is -3.82. The van der Waals surface area contributed by atoms with Gasteiger partial charge in [0.1, 0.15) is 6.61 Å². The van der Waals surface area contributed by atoms with Crippen LogP contribution in [0.25, 0.3) is 0 Å². The third-order valence-electron chi connectivity index (χ3n) is 6.75. The highest BCUT2D eigenvalue weighted by Gasteiger charge is 2.48. The predicted molar refractivity (Wildman–Crippen MR) is 140 cm³/mol. The molecule has 0 bridgehead atoms. The molecular formula is C26H44F2N3O6S. The smallest absolute Gasteiger partial charge is 0.407 e. The van der Waals surface area contributed by atoms with E-state index in [1.54, 1.807) is 27.7 Å². The van der Waals surface area contributed by atoms with Crippen LogP contribution < -0.4 is 10.6 Å². The van der Waals surface area contributed by atoms with Gasteiger partial charge in [0, 0.05) is 39.1 Å². The first-order valence-electron chi connectivity index (χ1n) is 13.1. The van der Waals surface area contributed by atoms with Crippen LogP contribution in [0.2, 0.25) is 0 Å². The minimum absolute atomic E-state index is 0.0621. The minimum Gasteiger partial charge on any atom is -0.449 e. The molecule has 0 aromatic carbocycles. The van der Waals surface area contributed by atoms with E-state index in [1.165, 1.54) is 0 Å². The van der Waals surface area contributed by atoms with Gasteiger partial charge < -0.3 is 20.1 Å². The zero-order valence-corrected chi connectivity index (χ0v) is 24.4. The average Bonchev–Trinajstić information content (AvgIpc) is 2.74. The van der Waals surface area contributed by atoms with Crippen molar-refractivity contribution in [3.05, 3.63) is 12.2 Å². The molecule has 2 aliphatic heterocycles. The van der Waals surface area contributed by atoms with Gasteiger partial charge in [-0.2, -0.15) is 8.78 Å². The number of nitrogens with one attached hydrogen (secondary N) is 2. The molecule has 0 saturated carbocycles. The van der Waals surface area contributed by atoms with Gasteiger partial charge in [-0.05, 0) is 59.0 Å². The van der Waals surface area contributed by atoms with Crippen LogP contribution in [-0.4, -0.2) is 81.7 Å².